The fourth-order valence-electron chi connectivity index (χ4n) is 1.94. The summed E-state index contributed by atoms with van der Waals surface area (Å²) in [5.74, 6) is 0.523. The second-order valence-electron chi connectivity index (χ2n) is 4.58. The summed E-state index contributed by atoms with van der Waals surface area (Å²) in [6.07, 6.45) is 8.28. The van der Waals surface area contributed by atoms with E-state index in [0.717, 1.165) is 25.7 Å². The average molecular weight is 196 g/mol. The first-order chi connectivity index (χ1) is 6.59. The molecule has 2 heteroatoms. The van der Waals surface area contributed by atoms with Crippen molar-refractivity contribution in [2.45, 2.75) is 39.5 Å². The number of carbonyl (C=O) groups is 1. The molecule has 0 amide bonds. The SMILES string of the molecule is CC(C)/C=C\C1CCC(C(=O)O)CC1. The first-order valence-electron chi connectivity index (χ1n) is 5.50. The fourth-order valence-corrected chi connectivity index (χ4v) is 1.94. The maximum absolute atomic E-state index is 10.7. The lowest BCUT2D eigenvalue weighted by Gasteiger charge is -2.23. The van der Waals surface area contributed by atoms with Gasteiger partial charge in [0.15, 0.2) is 0 Å². The van der Waals surface area contributed by atoms with Gasteiger partial charge in [-0.15, -0.1) is 0 Å². The molecule has 1 aliphatic rings. The molecule has 0 spiro atoms. The minimum Gasteiger partial charge on any atom is -0.481 e. The monoisotopic (exact) mass is 196 g/mol. The number of allylic oxidation sites excluding steroid dienone is 2. The third-order valence-electron chi connectivity index (χ3n) is 2.89. The van der Waals surface area contributed by atoms with Crippen molar-refractivity contribution in [1.29, 1.82) is 0 Å². The maximum atomic E-state index is 10.7. The Labute approximate surface area is 86.0 Å². The zero-order valence-electron chi connectivity index (χ0n) is 9.07. The predicted molar refractivity (Wildman–Crippen MR) is 57.1 cm³/mol. The van der Waals surface area contributed by atoms with Crippen LogP contribution in [0.15, 0.2) is 12.2 Å². The van der Waals surface area contributed by atoms with Crippen molar-refractivity contribution in [3.8, 4) is 0 Å². The summed E-state index contributed by atoms with van der Waals surface area (Å²) in [5, 5.41) is 8.82. The molecule has 80 valence electrons. The summed E-state index contributed by atoms with van der Waals surface area (Å²) >= 11 is 0. The smallest absolute Gasteiger partial charge is 0.306 e. The van der Waals surface area contributed by atoms with Gasteiger partial charge in [-0.3, -0.25) is 4.79 Å². The van der Waals surface area contributed by atoms with E-state index in [9.17, 15) is 4.79 Å². The zero-order chi connectivity index (χ0) is 10.6. The number of rotatable bonds is 3. The van der Waals surface area contributed by atoms with Gasteiger partial charge < -0.3 is 5.11 Å². The topological polar surface area (TPSA) is 37.3 Å². The Bertz CT molecular complexity index is 210. The number of carboxylic acid groups (broad SMARTS) is 1. The summed E-state index contributed by atoms with van der Waals surface area (Å²) in [7, 11) is 0. The molecule has 2 nitrogen and oxygen atoms in total. The van der Waals surface area contributed by atoms with Gasteiger partial charge in [0.1, 0.15) is 0 Å². The van der Waals surface area contributed by atoms with Crippen LogP contribution in [0.5, 0.6) is 0 Å². The van der Waals surface area contributed by atoms with Crippen LogP contribution >= 0.6 is 0 Å². The highest BCUT2D eigenvalue weighted by atomic mass is 16.4. The molecule has 1 saturated carbocycles. The summed E-state index contributed by atoms with van der Waals surface area (Å²) in [4.78, 5) is 10.7. The van der Waals surface area contributed by atoms with Crippen LogP contribution in [0.25, 0.3) is 0 Å². The van der Waals surface area contributed by atoms with Gasteiger partial charge in [0, 0.05) is 0 Å². The highest BCUT2D eigenvalue weighted by Gasteiger charge is 2.24. The zero-order valence-corrected chi connectivity index (χ0v) is 9.07. The normalized spacial score (nSPS) is 28.5. The summed E-state index contributed by atoms with van der Waals surface area (Å²) in [6, 6.07) is 0. The van der Waals surface area contributed by atoms with Crippen molar-refractivity contribution >= 4 is 5.97 Å². The molecule has 0 aromatic carbocycles. The summed E-state index contributed by atoms with van der Waals surface area (Å²) in [5.41, 5.74) is 0. The van der Waals surface area contributed by atoms with E-state index in [1.165, 1.54) is 0 Å². The van der Waals surface area contributed by atoms with Crippen LogP contribution in [0.4, 0.5) is 0 Å². The number of carboxylic acids is 1. The van der Waals surface area contributed by atoms with Crippen LogP contribution in [0.2, 0.25) is 0 Å². The summed E-state index contributed by atoms with van der Waals surface area (Å²) in [6.45, 7) is 4.33. The van der Waals surface area contributed by atoms with E-state index in [1.807, 2.05) is 0 Å². The Hall–Kier alpha value is -0.790. The van der Waals surface area contributed by atoms with Gasteiger partial charge in [-0.25, -0.2) is 0 Å². The first kappa shape index (κ1) is 11.3. The number of hydrogen-bond acceptors (Lipinski definition) is 1. The van der Waals surface area contributed by atoms with Crippen LogP contribution in [0.1, 0.15) is 39.5 Å². The van der Waals surface area contributed by atoms with Crippen LogP contribution < -0.4 is 0 Å². The molecule has 1 aliphatic carbocycles. The lowest BCUT2D eigenvalue weighted by molar-refractivity contribution is -0.142. The minimum absolute atomic E-state index is 0.0845. The average Bonchev–Trinajstić information content (AvgIpc) is 2.15. The molecule has 0 aliphatic heterocycles. The van der Waals surface area contributed by atoms with Gasteiger partial charge in [0.05, 0.1) is 5.92 Å². The lowest BCUT2D eigenvalue weighted by atomic mass is 9.81. The van der Waals surface area contributed by atoms with Gasteiger partial charge in [0.25, 0.3) is 0 Å². The van der Waals surface area contributed by atoms with Gasteiger partial charge in [0.2, 0.25) is 0 Å². The molecule has 0 heterocycles. The van der Waals surface area contributed by atoms with Gasteiger partial charge in [-0.05, 0) is 37.5 Å². The van der Waals surface area contributed by atoms with E-state index in [1.54, 1.807) is 0 Å². The van der Waals surface area contributed by atoms with E-state index in [2.05, 4.69) is 26.0 Å². The molecule has 0 radical (unpaired) electrons. The molecule has 0 saturated heterocycles. The molecular formula is C12H20O2. The van der Waals surface area contributed by atoms with E-state index in [-0.39, 0.29) is 5.92 Å². The molecule has 0 unspecified atom stereocenters. The molecule has 0 aromatic rings. The van der Waals surface area contributed by atoms with E-state index in [4.69, 9.17) is 5.11 Å². The van der Waals surface area contributed by atoms with Crippen molar-refractivity contribution in [1.82, 2.24) is 0 Å². The van der Waals surface area contributed by atoms with Gasteiger partial charge >= 0.3 is 5.97 Å². The quantitative estimate of drug-likeness (QED) is 0.704. The van der Waals surface area contributed by atoms with Gasteiger partial charge in [-0.1, -0.05) is 26.0 Å². The third-order valence-corrected chi connectivity index (χ3v) is 2.89. The number of hydrogen-bond donors (Lipinski definition) is 1. The van der Waals surface area contributed by atoms with Crippen molar-refractivity contribution in [2.75, 3.05) is 0 Å². The largest absolute Gasteiger partial charge is 0.481 e. The van der Waals surface area contributed by atoms with Crippen molar-refractivity contribution in [3.63, 3.8) is 0 Å². The van der Waals surface area contributed by atoms with E-state index < -0.39 is 5.97 Å². The van der Waals surface area contributed by atoms with Crippen molar-refractivity contribution in [3.05, 3.63) is 12.2 Å². The van der Waals surface area contributed by atoms with Gasteiger partial charge in [-0.2, -0.15) is 0 Å². The minimum atomic E-state index is -0.615. The highest BCUT2D eigenvalue weighted by molar-refractivity contribution is 5.70. The first-order valence-corrected chi connectivity index (χ1v) is 5.50. The van der Waals surface area contributed by atoms with Crippen molar-refractivity contribution in [2.24, 2.45) is 17.8 Å². The lowest BCUT2D eigenvalue weighted by Crippen LogP contribution is -2.20. The Morgan fingerprint density at radius 1 is 1.29 bits per heavy atom. The van der Waals surface area contributed by atoms with Crippen molar-refractivity contribution < 1.29 is 9.90 Å². The molecule has 14 heavy (non-hydrogen) atoms. The van der Waals surface area contributed by atoms with E-state index in [0.29, 0.717) is 11.8 Å². The van der Waals surface area contributed by atoms with Crippen LogP contribution in [-0.2, 0) is 4.79 Å². The molecule has 1 fully saturated rings. The summed E-state index contributed by atoms with van der Waals surface area (Å²) < 4.78 is 0. The number of aliphatic carboxylic acids is 1. The molecule has 1 N–H and O–H groups in total. The highest BCUT2D eigenvalue weighted by Crippen LogP contribution is 2.29. The second-order valence-corrected chi connectivity index (χ2v) is 4.58. The molecule has 0 atom stereocenters. The predicted octanol–water partition coefficient (Wildman–Crippen LogP) is 3.09. The Morgan fingerprint density at radius 3 is 2.29 bits per heavy atom. The Kier molecular flexibility index (Phi) is 4.18. The molecular weight excluding hydrogens is 176 g/mol. The third kappa shape index (κ3) is 3.52. The maximum Gasteiger partial charge on any atom is 0.306 e. The second kappa shape index (κ2) is 5.18. The molecule has 1 rings (SSSR count). The van der Waals surface area contributed by atoms with E-state index >= 15 is 0 Å². The molecule has 0 aromatic heterocycles. The Balaban J connectivity index is 2.32. The fraction of sp³-hybridized carbons (Fsp3) is 0.750. The standard InChI is InChI=1S/C12H20O2/c1-9(2)3-4-10-5-7-11(8-6-10)12(13)14/h3-4,9-11H,5-8H2,1-2H3,(H,13,14)/b4-3-. The molecule has 0 bridgehead atoms. The van der Waals surface area contributed by atoms with Crippen LogP contribution in [-0.4, -0.2) is 11.1 Å². The Morgan fingerprint density at radius 2 is 1.86 bits per heavy atom. The van der Waals surface area contributed by atoms with Crippen LogP contribution in [0.3, 0.4) is 0 Å². The van der Waals surface area contributed by atoms with Crippen LogP contribution in [0, 0.1) is 17.8 Å².